The van der Waals surface area contributed by atoms with Crippen molar-refractivity contribution in [2.24, 2.45) is 0 Å². The van der Waals surface area contributed by atoms with Gasteiger partial charge in [-0.1, -0.05) is 24.3 Å². The van der Waals surface area contributed by atoms with E-state index >= 15 is 0 Å². The van der Waals surface area contributed by atoms with E-state index in [1.807, 2.05) is 36.9 Å². The predicted octanol–water partition coefficient (Wildman–Crippen LogP) is 3.41. The third-order valence-electron chi connectivity index (χ3n) is 4.67. The number of pyridine rings is 1. The molecule has 0 atom stereocenters. The minimum Gasteiger partial charge on any atom is -0.456 e. The van der Waals surface area contributed by atoms with Crippen molar-refractivity contribution in [1.82, 2.24) is 9.88 Å². The minimum atomic E-state index is -0.0326. The molecule has 3 aromatic rings. The van der Waals surface area contributed by atoms with Gasteiger partial charge >= 0.3 is 0 Å². The smallest absolute Gasteiger partial charge is 0.289 e. The molecule has 0 spiro atoms. The molecule has 0 bridgehead atoms. The van der Waals surface area contributed by atoms with Crippen molar-refractivity contribution in [1.29, 1.82) is 0 Å². The van der Waals surface area contributed by atoms with E-state index < -0.39 is 0 Å². The standard InChI is InChI=1S/C20H21N3O2/c1-14-13-16-5-3-4-6-17(16)19(21-14)22-9-11-23(12-10-22)20(24)18-8-7-15(2)25-18/h3-8,13H,9-12H2,1-2H3. The van der Waals surface area contributed by atoms with E-state index in [2.05, 4.69) is 23.1 Å². The molecule has 1 fully saturated rings. The fraction of sp³-hybridized carbons (Fsp3) is 0.300. The summed E-state index contributed by atoms with van der Waals surface area (Å²) in [7, 11) is 0. The van der Waals surface area contributed by atoms with Crippen LogP contribution in [0.15, 0.2) is 46.9 Å². The Bertz CT molecular complexity index is 924. The Morgan fingerprint density at radius 3 is 2.52 bits per heavy atom. The number of aromatic nitrogens is 1. The summed E-state index contributed by atoms with van der Waals surface area (Å²) in [6.45, 7) is 6.75. The molecule has 0 aliphatic carbocycles. The van der Waals surface area contributed by atoms with Crippen LogP contribution in [-0.4, -0.2) is 42.0 Å². The highest BCUT2D eigenvalue weighted by atomic mass is 16.3. The third kappa shape index (κ3) is 2.97. The van der Waals surface area contributed by atoms with Crippen LogP contribution in [0.25, 0.3) is 10.8 Å². The molecule has 0 saturated carbocycles. The maximum absolute atomic E-state index is 12.5. The molecule has 4 rings (SSSR count). The summed E-state index contributed by atoms with van der Waals surface area (Å²) >= 11 is 0. The van der Waals surface area contributed by atoms with Crippen molar-refractivity contribution < 1.29 is 9.21 Å². The van der Waals surface area contributed by atoms with Crippen LogP contribution < -0.4 is 4.90 Å². The number of piperazine rings is 1. The lowest BCUT2D eigenvalue weighted by Crippen LogP contribution is -2.49. The van der Waals surface area contributed by atoms with Gasteiger partial charge in [-0.2, -0.15) is 0 Å². The van der Waals surface area contributed by atoms with Crippen molar-refractivity contribution in [3.63, 3.8) is 0 Å². The maximum atomic E-state index is 12.5. The molecule has 1 aromatic carbocycles. The molecule has 2 aromatic heterocycles. The maximum Gasteiger partial charge on any atom is 0.289 e. The van der Waals surface area contributed by atoms with Gasteiger partial charge in [0.2, 0.25) is 0 Å². The summed E-state index contributed by atoms with van der Waals surface area (Å²) in [5, 5.41) is 2.36. The average molecular weight is 335 g/mol. The summed E-state index contributed by atoms with van der Waals surface area (Å²) in [5.74, 6) is 2.16. The Balaban J connectivity index is 1.53. The SMILES string of the molecule is Cc1cc2ccccc2c(N2CCN(C(=O)c3ccc(C)o3)CC2)n1. The van der Waals surface area contributed by atoms with Crippen LogP contribution in [0, 0.1) is 13.8 Å². The molecule has 3 heterocycles. The summed E-state index contributed by atoms with van der Waals surface area (Å²) in [6.07, 6.45) is 0. The highest BCUT2D eigenvalue weighted by molar-refractivity contribution is 5.93. The number of fused-ring (bicyclic) bond motifs is 1. The number of amides is 1. The van der Waals surface area contributed by atoms with Gasteiger partial charge in [0.1, 0.15) is 11.6 Å². The van der Waals surface area contributed by atoms with E-state index in [0.717, 1.165) is 35.7 Å². The molecule has 5 heteroatoms. The molecular formula is C20H21N3O2. The van der Waals surface area contributed by atoms with Gasteiger partial charge in [0.15, 0.2) is 5.76 Å². The molecular weight excluding hydrogens is 314 g/mol. The van der Waals surface area contributed by atoms with Crippen LogP contribution in [0.1, 0.15) is 22.0 Å². The lowest BCUT2D eigenvalue weighted by molar-refractivity contribution is 0.0713. The number of rotatable bonds is 2. The lowest BCUT2D eigenvalue weighted by Gasteiger charge is -2.35. The first-order valence-electron chi connectivity index (χ1n) is 8.59. The number of benzene rings is 1. The highest BCUT2D eigenvalue weighted by Gasteiger charge is 2.25. The average Bonchev–Trinajstić information content (AvgIpc) is 3.07. The summed E-state index contributed by atoms with van der Waals surface area (Å²) in [6, 6.07) is 14.0. The Kier molecular flexibility index (Phi) is 3.92. The van der Waals surface area contributed by atoms with E-state index in [1.54, 1.807) is 6.07 Å². The molecule has 128 valence electrons. The number of carbonyl (C=O) groups excluding carboxylic acids is 1. The topological polar surface area (TPSA) is 49.6 Å². The first-order valence-corrected chi connectivity index (χ1v) is 8.59. The zero-order valence-electron chi connectivity index (χ0n) is 14.5. The second kappa shape index (κ2) is 6.24. The van der Waals surface area contributed by atoms with E-state index in [-0.39, 0.29) is 5.91 Å². The zero-order valence-corrected chi connectivity index (χ0v) is 14.5. The van der Waals surface area contributed by atoms with E-state index in [4.69, 9.17) is 9.40 Å². The van der Waals surface area contributed by atoms with E-state index in [0.29, 0.717) is 18.8 Å². The Hall–Kier alpha value is -2.82. The Morgan fingerprint density at radius 2 is 1.80 bits per heavy atom. The summed E-state index contributed by atoms with van der Waals surface area (Å²) < 4.78 is 5.47. The number of carbonyl (C=O) groups is 1. The number of aryl methyl sites for hydroxylation is 2. The first kappa shape index (κ1) is 15.7. The Labute approximate surface area is 146 Å². The van der Waals surface area contributed by atoms with Gasteiger partial charge in [-0.3, -0.25) is 4.79 Å². The molecule has 0 radical (unpaired) electrons. The second-order valence-electron chi connectivity index (χ2n) is 6.50. The lowest BCUT2D eigenvalue weighted by atomic mass is 10.1. The highest BCUT2D eigenvalue weighted by Crippen LogP contribution is 2.26. The first-order chi connectivity index (χ1) is 12.1. The van der Waals surface area contributed by atoms with Gasteiger partial charge in [-0.15, -0.1) is 0 Å². The van der Waals surface area contributed by atoms with Crippen LogP contribution in [0.2, 0.25) is 0 Å². The van der Waals surface area contributed by atoms with Gasteiger partial charge in [-0.05, 0) is 37.4 Å². The minimum absolute atomic E-state index is 0.0326. The van der Waals surface area contributed by atoms with Crippen LogP contribution in [0.5, 0.6) is 0 Å². The quantitative estimate of drug-likeness (QED) is 0.720. The van der Waals surface area contributed by atoms with Crippen molar-refractivity contribution in [2.45, 2.75) is 13.8 Å². The molecule has 1 saturated heterocycles. The van der Waals surface area contributed by atoms with Crippen LogP contribution in [0.3, 0.4) is 0 Å². The van der Waals surface area contributed by atoms with Crippen LogP contribution in [-0.2, 0) is 0 Å². The van der Waals surface area contributed by atoms with Gasteiger partial charge in [0.05, 0.1) is 0 Å². The molecule has 1 aliphatic rings. The van der Waals surface area contributed by atoms with Gasteiger partial charge < -0.3 is 14.2 Å². The third-order valence-corrected chi connectivity index (χ3v) is 4.67. The Morgan fingerprint density at radius 1 is 1.04 bits per heavy atom. The van der Waals surface area contributed by atoms with Crippen molar-refractivity contribution >= 4 is 22.5 Å². The fourth-order valence-electron chi connectivity index (χ4n) is 3.38. The number of furan rings is 1. The van der Waals surface area contributed by atoms with Crippen LogP contribution >= 0.6 is 0 Å². The monoisotopic (exact) mass is 335 g/mol. The summed E-state index contributed by atoms with van der Waals surface area (Å²) in [4.78, 5) is 21.4. The predicted molar refractivity (Wildman–Crippen MR) is 98.0 cm³/mol. The molecule has 1 amide bonds. The molecule has 0 N–H and O–H groups in total. The van der Waals surface area contributed by atoms with Crippen molar-refractivity contribution in [3.8, 4) is 0 Å². The number of hydrogen-bond donors (Lipinski definition) is 0. The fourth-order valence-corrected chi connectivity index (χ4v) is 3.38. The molecule has 0 unspecified atom stereocenters. The van der Waals surface area contributed by atoms with Crippen molar-refractivity contribution in [3.05, 3.63) is 59.7 Å². The largest absolute Gasteiger partial charge is 0.456 e. The second-order valence-corrected chi connectivity index (χ2v) is 6.50. The number of hydrogen-bond acceptors (Lipinski definition) is 4. The van der Waals surface area contributed by atoms with E-state index in [1.165, 1.54) is 5.39 Å². The number of nitrogens with zero attached hydrogens (tertiary/aromatic N) is 3. The molecule has 25 heavy (non-hydrogen) atoms. The number of anilines is 1. The van der Waals surface area contributed by atoms with Crippen molar-refractivity contribution in [2.75, 3.05) is 31.1 Å². The van der Waals surface area contributed by atoms with Gasteiger partial charge in [0.25, 0.3) is 5.91 Å². The van der Waals surface area contributed by atoms with Gasteiger partial charge in [-0.25, -0.2) is 4.98 Å². The zero-order chi connectivity index (χ0) is 17.4. The molecule has 5 nitrogen and oxygen atoms in total. The van der Waals surface area contributed by atoms with Crippen LogP contribution in [0.4, 0.5) is 5.82 Å². The normalized spacial score (nSPS) is 15.0. The molecule has 1 aliphatic heterocycles. The summed E-state index contributed by atoms with van der Waals surface area (Å²) in [5.41, 5.74) is 1.01. The van der Waals surface area contributed by atoms with E-state index in [9.17, 15) is 4.79 Å². The van der Waals surface area contributed by atoms with Gasteiger partial charge in [0, 0.05) is 37.3 Å².